The van der Waals surface area contributed by atoms with E-state index in [2.05, 4.69) is 4.90 Å². The Morgan fingerprint density at radius 2 is 1.61 bits per heavy atom. The van der Waals surface area contributed by atoms with Crippen LogP contribution in [0.15, 0.2) is 0 Å². The van der Waals surface area contributed by atoms with E-state index >= 15 is 0 Å². The van der Waals surface area contributed by atoms with E-state index in [9.17, 15) is 18.3 Å². The molecule has 2 atom stereocenters. The number of hydrogen-bond acceptors (Lipinski definition) is 3. The first kappa shape index (κ1) is 14.1. The van der Waals surface area contributed by atoms with Crippen LogP contribution in [0.5, 0.6) is 0 Å². The van der Waals surface area contributed by atoms with Crippen molar-refractivity contribution in [3.63, 3.8) is 0 Å². The molecular weight excluding hydrogens is 245 g/mol. The van der Waals surface area contributed by atoms with Crippen LogP contribution in [0.4, 0.5) is 13.2 Å². The van der Waals surface area contributed by atoms with Crippen molar-refractivity contribution in [2.75, 3.05) is 39.3 Å². The normalized spacial score (nSPS) is 32.0. The van der Waals surface area contributed by atoms with Crippen molar-refractivity contribution in [2.24, 2.45) is 5.92 Å². The molecule has 6 heteroatoms. The average molecular weight is 266 g/mol. The lowest BCUT2D eigenvalue weighted by Crippen LogP contribution is -2.50. The van der Waals surface area contributed by atoms with Crippen LogP contribution in [0.3, 0.4) is 0 Å². The van der Waals surface area contributed by atoms with Crippen molar-refractivity contribution in [1.29, 1.82) is 0 Å². The fourth-order valence-corrected chi connectivity index (χ4v) is 2.95. The van der Waals surface area contributed by atoms with Crippen LogP contribution in [-0.4, -0.2) is 66.5 Å². The number of piperazine rings is 1. The summed E-state index contributed by atoms with van der Waals surface area (Å²) >= 11 is 0. The van der Waals surface area contributed by atoms with Crippen molar-refractivity contribution >= 4 is 0 Å². The van der Waals surface area contributed by atoms with Gasteiger partial charge in [0.2, 0.25) is 0 Å². The van der Waals surface area contributed by atoms with E-state index in [-0.39, 0.29) is 6.10 Å². The molecule has 0 spiro atoms. The summed E-state index contributed by atoms with van der Waals surface area (Å²) in [5.74, 6) is 0.319. The van der Waals surface area contributed by atoms with Crippen LogP contribution in [0, 0.1) is 5.92 Å². The highest BCUT2D eigenvalue weighted by Crippen LogP contribution is 2.26. The third kappa shape index (κ3) is 4.10. The SMILES string of the molecule is OC1CCCC1CN1CCN(CC(F)(F)F)CC1. The minimum Gasteiger partial charge on any atom is -0.393 e. The Labute approximate surface area is 106 Å². The fraction of sp³-hybridized carbons (Fsp3) is 1.00. The number of alkyl halides is 3. The van der Waals surface area contributed by atoms with Gasteiger partial charge in [0.15, 0.2) is 0 Å². The van der Waals surface area contributed by atoms with Gasteiger partial charge in [0.1, 0.15) is 0 Å². The zero-order valence-electron chi connectivity index (χ0n) is 10.5. The molecule has 1 N–H and O–H groups in total. The van der Waals surface area contributed by atoms with E-state index in [0.29, 0.717) is 32.1 Å². The Morgan fingerprint density at radius 1 is 1.00 bits per heavy atom. The average Bonchev–Trinajstić information content (AvgIpc) is 2.65. The van der Waals surface area contributed by atoms with Crippen LogP contribution in [0.1, 0.15) is 19.3 Å². The van der Waals surface area contributed by atoms with E-state index in [4.69, 9.17) is 0 Å². The van der Waals surface area contributed by atoms with E-state index in [1.54, 1.807) is 0 Å². The second-order valence-electron chi connectivity index (χ2n) is 5.45. The molecule has 1 saturated heterocycles. The van der Waals surface area contributed by atoms with Gasteiger partial charge in [-0.2, -0.15) is 13.2 Å². The molecule has 2 fully saturated rings. The highest BCUT2D eigenvalue weighted by Gasteiger charge is 2.33. The third-order valence-electron chi connectivity index (χ3n) is 3.98. The van der Waals surface area contributed by atoms with E-state index in [1.165, 1.54) is 4.90 Å². The van der Waals surface area contributed by atoms with E-state index in [1.807, 2.05) is 0 Å². The molecule has 2 unspecified atom stereocenters. The minimum atomic E-state index is -4.09. The molecule has 1 aliphatic heterocycles. The molecule has 1 saturated carbocycles. The molecule has 2 aliphatic rings. The number of aliphatic hydroxyl groups excluding tert-OH is 1. The molecule has 0 amide bonds. The summed E-state index contributed by atoms with van der Waals surface area (Å²) in [6.45, 7) is 2.34. The maximum atomic E-state index is 12.2. The molecular formula is C12H21F3N2O. The van der Waals surface area contributed by atoms with Gasteiger partial charge in [-0.05, 0) is 18.8 Å². The Balaban J connectivity index is 1.70. The maximum absolute atomic E-state index is 12.2. The maximum Gasteiger partial charge on any atom is 0.401 e. The van der Waals surface area contributed by atoms with Crippen LogP contribution in [0.2, 0.25) is 0 Å². The number of aliphatic hydroxyl groups is 1. The minimum absolute atomic E-state index is 0.210. The first-order valence-electron chi connectivity index (χ1n) is 6.63. The predicted molar refractivity (Wildman–Crippen MR) is 62.3 cm³/mol. The largest absolute Gasteiger partial charge is 0.401 e. The Hall–Kier alpha value is -0.330. The summed E-state index contributed by atoms with van der Waals surface area (Å²) in [4.78, 5) is 3.65. The molecule has 106 valence electrons. The van der Waals surface area contributed by atoms with Crippen molar-refractivity contribution in [1.82, 2.24) is 9.80 Å². The highest BCUT2D eigenvalue weighted by molar-refractivity contribution is 4.82. The molecule has 2 rings (SSSR count). The molecule has 0 bridgehead atoms. The predicted octanol–water partition coefficient (Wildman–Crippen LogP) is 1.33. The summed E-state index contributed by atoms with van der Waals surface area (Å²) in [5, 5.41) is 9.74. The van der Waals surface area contributed by atoms with Gasteiger partial charge in [0, 0.05) is 32.7 Å². The van der Waals surface area contributed by atoms with Crippen LogP contribution in [0.25, 0.3) is 0 Å². The van der Waals surface area contributed by atoms with Crippen LogP contribution in [-0.2, 0) is 0 Å². The summed E-state index contributed by atoms with van der Waals surface area (Å²) in [5.41, 5.74) is 0. The summed E-state index contributed by atoms with van der Waals surface area (Å²) < 4.78 is 36.7. The molecule has 0 radical (unpaired) electrons. The lowest BCUT2D eigenvalue weighted by atomic mass is 10.1. The fourth-order valence-electron chi connectivity index (χ4n) is 2.95. The summed E-state index contributed by atoms with van der Waals surface area (Å²) in [6.07, 6.45) is -1.31. The zero-order valence-corrected chi connectivity index (χ0v) is 10.5. The van der Waals surface area contributed by atoms with Gasteiger partial charge >= 0.3 is 6.18 Å². The van der Waals surface area contributed by atoms with Gasteiger partial charge in [-0.25, -0.2) is 0 Å². The molecule has 3 nitrogen and oxygen atoms in total. The third-order valence-corrected chi connectivity index (χ3v) is 3.98. The van der Waals surface area contributed by atoms with Crippen molar-refractivity contribution in [3.8, 4) is 0 Å². The Kier molecular flexibility index (Phi) is 4.50. The molecule has 18 heavy (non-hydrogen) atoms. The number of hydrogen-bond donors (Lipinski definition) is 1. The lowest BCUT2D eigenvalue weighted by Gasteiger charge is -2.36. The molecule has 0 aromatic carbocycles. The van der Waals surface area contributed by atoms with Gasteiger partial charge < -0.3 is 10.0 Å². The van der Waals surface area contributed by atoms with E-state index < -0.39 is 12.7 Å². The lowest BCUT2D eigenvalue weighted by molar-refractivity contribution is -0.149. The Morgan fingerprint density at radius 3 is 2.11 bits per heavy atom. The smallest absolute Gasteiger partial charge is 0.393 e. The molecule has 0 aromatic rings. The quantitative estimate of drug-likeness (QED) is 0.835. The molecule has 1 aliphatic carbocycles. The Bertz CT molecular complexity index is 265. The first-order valence-corrected chi connectivity index (χ1v) is 6.63. The van der Waals surface area contributed by atoms with Crippen molar-refractivity contribution < 1.29 is 18.3 Å². The molecule has 0 aromatic heterocycles. The van der Waals surface area contributed by atoms with Gasteiger partial charge in [-0.1, -0.05) is 6.42 Å². The van der Waals surface area contributed by atoms with Crippen molar-refractivity contribution in [3.05, 3.63) is 0 Å². The summed E-state index contributed by atoms with van der Waals surface area (Å²) in [6, 6.07) is 0. The first-order chi connectivity index (χ1) is 8.44. The van der Waals surface area contributed by atoms with Crippen molar-refractivity contribution in [2.45, 2.75) is 31.5 Å². The van der Waals surface area contributed by atoms with Gasteiger partial charge in [0.25, 0.3) is 0 Å². The second-order valence-corrected chi connectivity index (χ2v) is 5.45. The van der Waals surface area contributed by atoms with Gasteiger partial charge in [0.05, 0.1) is 12.6 Å². The zero-order chi connectivity index (χ0) is 13.2. The number of rotatable bonds is 3. The second kappa shape index (κ2) is 5.75. The topological polar surface area (TPSA) is 26.7 Å². The number of nitrogens with zero attached hydrogens (tertiary/aromatic N) is 2. The highest BCUT2D eigenvalue weighted by atomic mass is 19.4. The monoisotopic (exact) mass is 266 g/mol. The number of halogens is 3. The van der Waals surface area contributed by atoms with Crippen LogP contribution >= 0.6 is 0 Å². The summed E-state index contributed by atoms with van der Waals surface area (Å²) in [7, 11) is 0. The van der Waals surface area contributed by atoms with Gasteiger partial charge in [-0.15, -0.1) is 0 Å². The standard InChI is InChI=1S/C12H21F3N2O/c13-12(14,15)9-17-6-4-16(5-7-17)8-10-2-1-3-11(10)18/h10-11,18H,1-9H2. The van der Waals surface area contributed by atoms with Gasteiger partial charge in [-0.3, -0.25) is 4.90 Å². The van der Waals surface area contributed by atoms with Crippen LogP contribution < -0.4 is 0 Å². The van der Waals surface area contributed by atoms with E-state index in [0.717, 1.165) is 25.8 Å². The molecule has 1 heterocycles.